The number of anilines is 1. The van der Waals surface area contributed by atoms with Crippen LogP contribution in [0.25, 0.3) is 0 Å². The van der Waals surface area contributed by atoms with Crippen molar-refractivity contribution in [3.05, 3.63) is 24.3 Å². The van der Waals surface area contributed by atoms with Gasteiger partial charge in [-0.25, -0.2) is 13.1 Å². The molecule has 1 saturated heterocycles. The first kappa shape index (κ1) is 16.0. The van der Waals surface area contributed by atoms with E-state index < -0.39 is 10.0 Å². The quantitative estimate of drug-likeness (QED) is 0.837. The highest BCUT2D eigenvalue weighted by Crippen LogP contribution is 2.23. The second kappa shape index (κ2) is 7.59. The van der Waals surface area contributed by atoms with Crippen molar-refractivity contribution in [2.24, 2.45) is 0 Å². The monoisotopic (exact) mass is 332 g/mol. The van der Waals surface area contributed by atoms with Gasteiger partial charge in [-0.2, -0.15) is 23.5 Å². The summed E-state index contributed by atoms with van der Waals surface area (Å²) in [7, 11) is -3.39. The molecule has 1 fully saturated rings. The Morgan fingerprint density at radius 3 is 2.60 bits per heavy atom. The number of rotatable bonds is 6. The summed E-state index contributed by atoms with van der Waals surface area (Å²) >= 11 is 3.74. The van der Waals surface area contributed by atoms with E-state index in [4.69, 9.17) is 0 Å². The maximum Gasteiger partial charge on any atom is 0.240 e. The molecule has 0 aliphatic carbocycles. The first-order valence-electron chi connectivity index (χ1n) is 6.65. The topological polar surface area (TPSA) is 58.2 Å². The number of hydrogen-bond acceptors (Lipinski definition) is 5. The molecule has 0 spiro atoms. The summed E-state index contributed by atoms with van der Waals surface area (Å²) in [6.45, 7) is 3.34. The lowest BCUT2D eigenvalue weighted by molar-refractivity contribution is 0.581. The lowest BCUT2D eigenvalue weighted by Crippen LogP contribution is -2.33. The maximum atomic E-state index is 12.2. The van der Waals surface area contributed by atoms with Gasteiger partial charge in [-0.15, -0.1) is 0 Å². The first-order valence-corrected chi connectivity index (χ1v) is 10.3. The van der Waals surface area contributed by atoms with Gasteiger partial charge in [-0.1, -0.05) is 0 Å². The molecule has 7 heteroatoms. The van der Waals surface area contributed by atoms with Crippen LogP contribution in [0.2, 0.25) is 0 Å². The number of sulfonamides is 1. The Morgan fingerprint density at radius 2 is 2.00 bits per heavy atom. The number of thioether (sulfide) groups is 2. The second-order valence-corrected chi connectivity index (χ2v) is 8.80. The van der Waals surface area contributed by atoms with E-state index in [2.05, 4.69) is 10.0 Å². The van der Waals surface area contributed by atoms with Gasteiger partial charge in [0.1, 0.15) is 0 Å². The van der Waals surface area contributed by atoms with E-state index in [1.54, 1.807) is 24.3 Å². The lowest BCUT2D eigenvalue weighted by Gasteiger charge is -2.21. The molecule has 2 N–H and O–H groups in total. The summed E-state index contributed by atoms with van der Waals surface area (Å²) in [5.74, 6) is 3.29. The zero-order chi connectivity index (χ0) is 14.4. The predicted octanol–water partition coefficient (Wildman–Crippen LogP) is 2.25. The highest BCUT2D eigenvalue weighted by atomic mass is 32.2. The first-order chi connectivity index (χ1) is 9.62. The molecule has 0 bridgehead atoms. The van der Waals surface area contributed by atoms with Crippen molar-refractivity contribution in [2.75, 3.05) is 35.7 Å². The van der Waals surface area contributed by atoms with Crippen molar-refractivity contribution in [1.29, 1.82) is 0 Å². The SMILES string of the molecule is CCNc1ccc(S(=O)(=O)NCC2CSCCS2)cc1. The van der Waals surface area contributed by atoms with Crippen LogP contribution in [0.4, 0.5) is 5.69 Å². The Bertz CT molecular complexity index is 511. The third-order valence-corrected chi connectivity index (χ3v) is 7.22. The summed E-state index contributed by atoms with van der Waals surface area (Å²) in [5, 5.41) is 3.53. The lowest BCUT2D eigenvalue weighted by atomic mass is 10.3. The Morgan fingerprint density at radius 1 is 1.25 bits per heavy atom. The average Bonchev–Trinajstić information content (AvgIpc) is 2.47. The van der Waals surface area contributed by atoms with E-state index in [1.807, 2.05) is 30.4 Å². The molecule has 1 aromatic carbocycles. The van der Waals surface area contributed by atoms with E-state index in [9.17, 15) is 8.42 Å². The zero-order valence-electron chi connectivity index (χ0n) is 11.5. The van der Waals surface area contributed by atoms with Crippen molar-refractivity contribution in [3.63, 3.8) is 0 Å². The standard InChI is InChI=1S/C13H20N2O2S3/c1-2-14-11-3-5-13(6-4-11)20(16,17)15-9-12-10-18-7-8-19-12/h3-6,12,14-15H,2,7-10H2,1H3. The van der Waals surface area contributed by atoms with Crippen LogP contribution in [0.5, 0.6) is 0 Å². The van der Waals surface area contributed by atoms with Gasteiger partial charge in [0, 0.05) is 41.3 Å². The van der Waals surface area contributed by atoms with E-state index in [-0.39, 0.29) is 0 Å². The minimum absolute atomic E-state index is 0.326. The number of nitrogens with one attached hydrogen (secondary N) is 2. The Balaban J connectivity index is 1.94. The highest BCUT2D eigenvalue weighted by Gasteiger charge is 2.19. The van der Waals surface area contributed by atoms with Gasteiger partial charge in [0.25, 0.3) is 0 Å². The Hall–Kier alpha value is -0.370. The smallest absolute Gasteiger partial charge is 0.240 e. The van der Waals surface area contributed by atoms with E-state index in [0.717, 1.165) is 23.7 Å². The van der Waals surface area contributed by atoms with Crippen molar-refractivity contribution in [2.45, 2.75) is 17.1 Å². The van der Waals surface area contributed by atoms with Gasteiger partial charge < -0.3 is 5.32 Å². The Kier molecular flexibility index (Phi) is 6.07. The summed E-state index contributed by atoms with van der Waals surface area (Å²) in [6, 6.07) is 6.87. The van der Waals surface area contributed by atoms with Crippen LogP contribution in [0.1, 0.15) is 6.92 Å². The van der Waals surface area contributed by atoms with Gasteiger partial charge in [0.05, 0.1) is 4.90 Å². The van der Waals surface area contributed by atoms with Crippen LogP contribution >= 0.6 is 23.5 Å². The molecule has 2 rings (SSSR count). The molecule has 1 aromatic rings. The summed E-state index contributed by atoms with van der Waals surface area (Å²) < 4.78 is 27.1. The van der Waals surface area contributed by atoms with Gasteiger partial charge in [-0.3, -0.25) is 0 Å². The van der Waals surface area contributed by atoms with Gasteiger partial charge in [0.2, 0.25) is 10.0 Å². The molecular weight excluding hydrogens is 312 g/mol. The molecule has 1 aliphatic heterocycles. The summed E-state index contributed by atoms with van der Waals surface area (Å²) in [4.78, 5) is 0.326. The minimum Gasteiger partial charge on any atom is -0.385 e. The third-order valence-electron chi connectivity index (χ3n) is 2.93. The Labute approximate surface area is 129 Å². The normalized spacial score (nSPS) is 19.8. The van der Waals surface area contributed by atoms with Gasteiger partial charge >= 0.3 is 0 Å². The molecule has 0 radical (unpaired) electrons. The van der Waals surface area contributed by atoms with Crippen LogP contribution in [0, 0.1) is 0 Å². The molecule has 0 amide bonds. The summed E-state index contributed by atoms with van der Waals surface area (Å²) in [6.07, 6.45) is 0. The zero-order valence-corrected chi connectivity index (χ0v) is 13.9. The van der Waals surface area contributed by atoms with E-state index >= 15 is 0 Å². The van der Waals surface area contributed by atoms with Crippen LogP contribution in [-0.2, 0) is 10.0 Å². The maximum absolute atomic E-state index is 12.2. The molecule has 0 saturated carbocycles. The summed E-state index contributed by atoms with van der Waals surface area (Å²) in [5.41, 5.74) is 0.936. The van der Waals surface area contributed by atoms with Crippen molar-refractivity contribution in [3.8, 4) is 0 Å². The fourth-order valence-electron chi connectivity index (χ4n) is 1.90. The van der Waals surface area contributed by atoms with E-state index in [1.165, 1.54) is 5.75 Å². The third kappa shape index (κ3) is 4.58. The molecule has 0 aromatic heterocycles. The fraction of sp³-hybridized carbons (Fsp3) is 0.538. The predicted molar refractivity (Wildman–Crippen MR) is 89.4 cm³/mol. The number of hydrogen-bond donors (Lipinski definition) is 2. The van der Waals surface area contributed by atoms with Crippen molar-refractivity contribution in [1.82, 2.24) is 4.72 Å². The van der Waals surface area contributed by atoms with Crippen LogP contribution < -0.4 is 10.0 Å². The number of benzene rings is 1. The minimum atomic E-state index is -3.39. The highest BCUT2D eigenvalue weighted by molar-refractivity contribution is 8.06. The average molecular weight is 333 g/mol. The molecule has 1 unspecified atom stereocenters. The van der Waals surface area contributed by atoms with Crippen LogP contribution in [-0.4, -0.2) is 44.0 Å². The molecule has 4 nitrogen and oxygen atoms in total. The van der Waals surface area contributed by atoms with Crippen LogP contribution in [0.3, 0.4) is 0 Å². The molecule has 1 atom stereocenters. The van der Waals surface area contributed by atoms with Crippen molar-refractivity contribution < 1.29 is 8.42 Å². The fourth-order valence-corrected chi connectivity index (χ4v) is 5.70. The van der Waals surface area contributed by atoms with E-state index in [0.29, 0.717) is 16.7 Å². The molecular formula is C13H20N2O2S3. The van der Waals surface area contributed by atoms with Gasteiger partial charge in [0.15, 0.2) is 0 Å². The van der Waals surface area contributed by atoms with Gasteiger partial charge in [-0.05, 0) is 31.2 Å². The molecule has 20 heavy (non-hydrogen) atoms. The molecule has 112 valence electrons. The van der Waals surface area contributed by atoms with Crippen molar-refractivity contribution >= 4 is 39.2 Å². The second-order valence-electron chi connectivity index (χ2n) is 4.47. The van der Waals surface area contributed by atoms with Crippen LogP contribution in [0.15, 0.2) is 29.2 Å². The molecule has 1 aliphatic rings. The molecule has 1 heterocycles. The largest absolute Gasteiger partial charge is 0.385 e.